The van der Waals surface area contributed by atoms with Gasteiger partial charge in [-0.05, 0) is 29.8 Å². The zero-order chi connectivity index (χ0) is 20.7. The van der Waals surface area contributed by atoms with E-state index in [1.54, 1.807) is 14.2 Å². The number of hydrogen-bond donors (Lipinski definition) is 1. The minimum absolute atomic E-state index is 0.0559. The molecule has 3 rings (SSSR count). The molecule has 0 radical (unpaired) electrons. The molecule has 3 aromatic carbocycles. The average molecular weight is 389 g/mol. The van der Waals surface area contributed by atoms with Crippen LogP contribution in [0.5, 0.6) is 11.5 Å². The zero-order valence-corrected chi connectivity index (χ0v) is 17.6. The minimum atomic E-state index is -1.17. The summed E-state index contributed by atoms with van der Waals surface area (Å²) in [4.78, 5) is 0. The second-order valence-electron chi connectivity index (χ2n) is 7.63. The maximum absolute atomic E-state index is 9.50. The van der Waals surface area contributed by atoms with Crippen molar-refractivity contribution in [1.82, 2.24) is 0 Å². The molecule has 0 aromatic heterocycles. The van der Waals surface area contributed by atoms with Crippen molar-refractivity contribution in [3.63, 3.8) is 0 Å². The van der Waals surface area contributed by atoms with Gasteiger partial charge in [0.25, 0.3) is 0 Å². The van der Waals surface area contributed by atoms with Gasteiger partial charge < -0.3 is 14.6 Å². The third kappa shape index (κ3) is 4.33. The lowest BCUT2D eigenvalue weighted by Crippen LogP contribution is -2.66. The molecule has 29 heavy (non-hydrogen) atoms. The van der Waals surface area contributed by atoms with Crippen LogP contribution in [0.2, 0.25) is 6.32 Å². The van der Waals surface area contributed by atoms with Gasteiger partial charge in [-0.15, -0.1) is 0 Å². The molecule has 0 fully saturated rings. The SMILES string of the molecule is CCCC[B-](c1ccc(CO)cc1)(c1ccc(OC)cc1)c1ccc(OC)cc1. The summed E-state index contributed by atoms with van der Waals surface area (Å²) < 4.78 is 10.8. The van der Waals surface area contributed by atoms with Crippen molar-refractivity contribution in [3.8, 4) is 11.5 Å². The molecule has 0 bridgehead atoms. The first-order valence-corrected chi connectivity index (χ1v) is 10.3. The van der Waals surface area contributed by atoms with Crippen molar-refractivity contribution in [3.05, 3.63) is 78.4 Å². The Hall–Kier alpha value is -2.72. The molecule has 0 heterocycles. The highest BCUT2D eigenvalue weighted by Gasteiger charge is 2.29. The predicted molar refractivity (Wildman–Crippen MR) is 123 cm³/mol. The second kappa shape index (κ2) is 9.66. The maximum atomic E-state index is 9.50. The lowest BCUT2D eigenvalue weighted by molar-refractivity contribution is 0.282. The van der Waals surface area contributed by atoms with Gasteiger partial charge in [0.05, 0.1) is 27.0 Å². The van der Waals surface area contributed by atoms with Crippen LogP contribution in [0.4, 0.5) is 0 Å². The lowest BCUT2D eigenvalue weighted by Gasteiger charge is -2.43. The molecule has 0 saturated carbocycles. The van der Waals surface area contributed by atoms with Crippen molar-refractivity contribution in [2.24, 2.45) is 0 Å². The Labute approximate surface area is 174 Å². The molecule has 0 unspecified atom stereocenters. The molecular weight excluding hydrogens is 359 g/mol. The first-order chi connectivity index (χ1) is 14.2. The van der Waals surface area contributed by atoms with Crippen LogP contribution in [0, 0.1) is 0 Å². The Morgan fingerprint density at radius 2 is 1.10 bits per heavy atom. The van der Waals surface area contributed by atoms with Crippen molar-refractivity contribution in [1.29, 1.82) is 0 Å². The molecule has 3 nitrogen and oxygen atoms in total. The van der Waals surface area contributed by atoms with Gasteiger partial charge in [0.2, 0.25) is 0 Å². The van der Waals surface area contributed by atoms with Crippen LogP contribution in [0.15, 0.2) is 72.8 Å². The number of methoxy groups -OCH3 is 2. The maximum Gasteiger partial charge on any atom is 0.118 e. The first kappa shape index (κ1) is 21.0. The van der Waals surface area contributed by atoms with Gasteiger partial charge in [-0.3, -0.25) is 0 Å². The number of aliphatic hydroxyl groups is 1. The molecule has 0 spiro atoms. The molecule has 0 aliphatic carbocycles. The Morgan fingerprint density at radius 1 is 0.690 bits per heavy atom. The van der Waals surface area contributed by atoms with E-state index in [9.17, 15) is 5.11 Å². The van der Waals surface area contributed by atoms with Crippen molar-refractivity contribution < 1.29 is 14.6 Å². The summed E-state index contributed by atoms with van der Waals surface area (Å²) in [6.45, 7) is 2.29. The fourth-order valence-corrected chi connectivity index (χ4v) is 4.40. The summed E-state index contributed by atoms with van der Waals surface area (Å²) in [6.07, 6.45) is 2.13. The normalized spacial score (nSPS) is 11.3. The topological polar surface area (TPSA) is 38.7 Å². The van der Waals surface area contributed by atoms with Crippen LogP contribution < -0.4 is 25.9 Å². The number of unbranched alkanes of at least 4 members (excludes halogenated alkanes) is 1. The monoisotopic (exact) mass is 389 g/mol. The summed E-state index contributed by atoms with van der Waals surface area (Å²) >= 11 is 0. The van der Waals surface area contributed by atoms with Crippen LogP contribution in [-0.4, -0.2) is 25.5 Å². The Balaban J connectivity index is 2.23. The van der Waals surface area contributed by atoms with E-state index in [4.69, 9.17) is 9.47 Å². The predicted octanol–water partition coefficient (Wildman–Crippen LogP) is 3.47. The first-order valence-electron chi connectivity index (χ1n) is 10.3. The Morgan fingerprint density at radius 3 is 1.45 bits per heavy atom. The molecule has 0 amide bonds. The van der Waals surface area contributed by atoms with E-state index >= 15 is 0 Å². The molecule has 0 saturated heterocycles. The number of benzene rings is 3. The zero-order valence-electron chi connectivity index (χ0n) is 17.6. The molecular formula is C25H30BO3-. The van der Waals surface area contributed by atoms with Crippen molar-refractivity contribution in [2.75, 3.05) is 14.2 Å². The molecule has 0 atom stereocenters. The fourth-order valence-electron chi connectivity index (χ4n) is 4.40. The van der Waals surface area contributed by atoms with E-state index in [2.05, 4.69) is 43.3 Å². The van der Waals surface area contributed by atoms with E-state index in [1.807, 2.05) is 36.4 Å². The largest absolute Gasteiger partial charge is 0.497 e. The van der Waals surface area contributed by atoms with Crippen LogP contribution in [-0.2, 0) is 6.61 Å². The van der Waals surface area contributed by atoms with Gasteiger partial charge in [-0.1, -0.05) is 68.3 Å². The highest BCUT2D eigenvalue weighted by molar-refractivity contribution is 7.11. The molecule has 1 N–H and O–H groups in total. The third-order valence-corrected chi connectivity index (χ3v) is 6.09. The van der Waals surface area contributed by atoms with Crippen molar-refractivity contribution >= 4 is 22.5 Å². The summed E-state index contributed by atoms with van der Waals surface area (Å²) in [7, 11) is 3.39. The van der Waals surface area contributed by atoms with E-state index in [1.165, 1.54) is 16.4 Å². The van der Waals surface area contributed by atoms with Gasteiger partial charge in [0.1, 0.15) is 11.5 Å². The smallest absolute Gasteiger partial charge is 0.118 e. The van der Waals surface area contributed by atoms with Gasteiger partial charge in [-0.2, -0.15) is 22.7 Å². The molecule has 3 aromatic rings. The number of hydrogen-bond acceptors (Lipinski definition) is 3. The van der Waals surface area contributed by atoms with Crippen LogP contribution in [0.1, 0.15) is 25.3 Å². The van der Waals surface area contributed by atoms with E-state index in [-0.39, 0.29) is 6.61 Å². The average Bonchev–Trinajstić information content (AvgIpc) is 2.80. The highest BCUT2D eigenvalue weighted by atomic mass is 16.5. The van der Waals surface area contributed by atoms with Crippen molar-refractivity contribution in [2.45, 2.75) is 32.7 Å². The Bertz CT molecular complexity index is 771. The number of ether oxygens (including phenoxy) is 2. The second-order valence-corrected chi connectivity index (χ2v) is 7.63. The van der Waals surface area contributed by atoms with Crippen LogP contribution in [0.25, 0.3) is 0 Å². The van der Waals surface area contributed by atoms with E-state index < -0.39 is 6.15 Å². The third-order valence-electron chi connectivity index (χ3n) is 6.09. The number of rotatable bonds is 9. The number of aliphatic hydroxyl groups excluding tert-OH is 1. The van der Waals surface area contributed by atoms with Gasteiger partial charge in [-0.25, -0.2) is 0 Å². The quantitative estimate of drug-likeness (QED) is 0.570. The summed E-state index contributed by atoms with van der Waals surface area (Å²) in [6, 6.07) is 25.4. The lowest BCUT2D eigenvalue weighted by atomic mass is 9.14. The van der Waals surface area contributed by atoms with Gasteiger partial charge in [0.15, 0.2) is 0 Å². The van der Waals surface area contributed by atoms with Gasteiger partial charge in [0, 0.05) is 0 Å². The highest BCUT2D eigenvalue weighted by Crippen LogP contribution is 2.20. The minimum Gasteiger partial charge on any atom is -0.497 e. The molecule has 0 aliphatic heterocycles. The van der Waals surface area contributed by atoms with Gasteiger partial charge >= 0.3 is 0 Å². The molecule has 4 heteroatoms. The molecule has 0 aliphatic rings. The molecule has 152 valence electrons. The summed E-state index contributed by atoms with van der Waals surface area (Å²) in [5.74, 6) is 1.72. The summed E-state index contributed by atoms with van der Waals surface area (Å²) in [5.41, 5.74) is 4.80. The Kier molecular flexibility index (Phi) is 7.00. The standard InChI is InChI=1S/C25H30BO3/c1-4-5-18-26(21-8-6-20(19-27)7-9-21,22-10-14-24(28-2)15-11-22)23-12-16-25(29-3)17-13-23/h6-17,27H,4-5,18-19H2,1-3H3/q-1. The van der Waals surface area contributed by atoms with E-state index in [0.29, 0.717) is 0 Å². The fraction of sp³-hybridized carbons (Fsp3) is 0.280. The van der Waals surface area contributed by atoms with E-state index in [0.717, 1.165) is 36.2 Å². The summed E-state index contributed by atoms with van der Waals surface area (Å²) in [5, 5.41) is 9.50. The van der Waals surface area contributed by atoms with Crippen LogP contribution >= 0.6 is 0 Å². The van der Waals surface area contributed by atoms with Crippen LogP contribution in [0.3, 0.4) is 0 Å².